The molecule has 2 aromatic carbocycles. The number of hydrogen-bond acceptors (Lipinski definition) is 0. The van der Waals surface area contributed by atoms with E-state index in [-0.39, 0.29) is 5.41 Å². The Balaban J connectivity index is 2.55. The van der Waals surface area contributed by atoms with Gasteiger partial charge in [-0.3, -0.25) is 0 Å². The van der Waals surface area contributed by atoms with Crippen molar-refractivity contribution in [2.24, 2.45) is 7.05 Å². The predicted molar refractivity (Wildman–Crippen MR) is 83.9 cm³/mol. The predicted octanol–water partition coefficient (Wildman–Crippen LogP) is 4.94. The van der Waals surface area contributed by atoms with E-state index in [0.29, 0.717) is 0 Å². The monoisotopic (exact) mass is 251 g/mol. The van der Waals surface area contributed by atoms with Gasteiger partial charge in [0.05, 0.1) is 5.52 Å². The maximum absolute atomic E-state index is 2.35. The van der Waals surface area contributed by atoms with Crippen LogP contribution in [0.25, 0.3) is 21.8 Å². The van der Waals surface area contributed by atoms with Crippen LogP contribution in [-0.4, -0.2) is 4.57 Å². The highest BCUT2D eigenvalue weighted by atomic mass is 14.9. The molecule has 3 aromatic rings. The molecular weight excluding hydrogens is 230 g/mol. The van der Waals surface area contributed by atoms with Crippen LogP contribution in [-0.2, 0) is 12.5 Å². The quantitative estimate of drug-likeness (QED) is 0.533. The first-order valence-electron chi connectivity index (χ1n) is 6.88. The van der Waals surface area contributed by atoms with Crippen LogP contribution in [0.1, 0.15) is 31.9 Å². The molecule has 0 fully saturated rings. The minimum absolute atomic E-state index is 0.163. The van der Waals surface area contributed by atoms with Crippen molar-refractivity contribution < 1.29 is 0 Å². The standard InChI is InChI=1S/C18H21N/c1-12-9-10-13-14-7-6-8-15(18(2,3)4)17(14)19(5)16(13)11-12/h6-11H,1-5H3. The van der Waals surface area contributed by atoms with Crippen molar-refractivity contribution in [1.29, 1.82) is 0 Å². The topological polar surface area (TPSA) is 4.93 Å². The molecule has 1 aromatic heterocycles. The fourth-order valence-electron chi connectivity index (χ4n) is 2.99. The van der Waals surface area contributed by atoms with E-state index in [1.54, 1.807) is 0 Å². The zero-order valence-corrected chi connectivity index (χ0v) is 12.4. The number of nitrogens with zero attached hydrogens (tertiary/aromatic N) is 1. The zero-order chi connectivity index (χ0) is 13.8. The molecule has 0 bridgehead atoms. The third kappa shape index (κ3) is 1.76. The highest BCUT2D eigenvalue weighted by Crippen LogP contribution is 2.35. The maximum Gasteiger partial charge on any atom is 0.0526 e. The van der Waals surface area contributed by atoms with Crippen LogP contribution in [0.5, 0.6) is 0 Å². The van der Waals surface area contributed by atoms with Crippen molar-refractivity contribution in [1.82, 2.24) is 4.57 Å². The van der Waals surface area contributed by atoms with E-state index in [9.17, 15) is 0 Å². The zero-order valence-electron chi connectivity index (χ0n) is 12.4. The Morgan fingerprint density at radius 2 is 1.68 bits per heavy atom. The molecule has 0 aliphatic rings. The summed E-state index contributed by atoms with van der Waals surface area (Å²) in [6.45, 7) is 9.00. The molecule has 0 amide bonds. The molecule has 0 N–H and O–H groups in total. The van der Waals surface area contributed by atoms with Gasteiger partial charge in [-0.05, 0) is 29.5 Å². The van der Waals surface area contributed by atoms with Crippen molar-refractivity contribution in [2.45, 2.75) is 33.1 Å². The first-order chi connectivity index (χ1) is 8.89. The van der Waals surface area contributed by atoms with Crippen LogP contribution in [0.4, 0.5) is 0 Å². The van der Waals surface area contributed by atoms with Gasteiger partial charge >= 0.3 is 0 Å². The van der Waals surface area contributed by atoms with E-state index in [2.05, 4.69) is 75.7 Å². The number of hydrogen-bond donors (Lipinski definition) is 0. The largest absolute Gasteiger partial charge is 0.343 e. The van der Waals surface area contributed by atoms with E-state index < -0.39 is 0 Å². The van der Waals surface area contributed by atoms with Crippen LogP contribution in [0.2, 0.25) is 0 Å². The summed E-state index contributed by atoms with van der Waals surface area (Å²) in [6.07, 6.45) is 0. The van der Waals surface area contributed by atoms with E-state index >= 15 is 0 Å². The molecule has 3 rings (SSSR count). The van der Waals surface area contributed by atoms with Crippen LogP contribution in [0.3, 0.4) is 0 Å². The lowest BCUT2D eigenvalue weighted by Gasteiger charge is -2.21. The summed E-state index contributed by atoms with van der Waals surface area (Å²) in [5, 5.41) is 2.72. The Kier molecular flexibility index (Phi) is 2.50. The molecule has 0 aliphatic carbocycles. The fourth-order valence-corrected chi connectivity index (χ4v) is 2.99. The average Bonchev–Trinajstić information content (AvgIpc) is 2.62. The van der Waals surface area contributed by atoms with Crippen LogP contribution < -0.4 is 0 Å². The molecule has 0 atom stereocenters. The maximum atomic E-state index is 2.35. The Hall–Kier alpha value is -1.76. The van der Waals surface area contributed by atoms with Crippen molar-refractivity contribution in [3.8, 4) is 0 Å². The lowest BCUT2D eigenvalue weighted by molar-refractivity contribution is 0.593. The van der Waals surface area contributed by atoms with Gasteiger partial charge in [0.25, 0.3) is 0 Å². The van der Waals surface area contributed by atoms with Crippen LogP contribution in [0.15, 0.2) is 36.4 Å². The number of para-hydroxylation sites is 1. The van der Waals surface area contributed by atoms with Gasteiger partial charge in [0.2, 0.25) is 0 Å². The smallest absolute Gasteiger partial charge is 0.0526 e. The van der Waals surface area contributed by atoms with Crippen LogP contribution in [0, 0.1) is 6.92 Å². The molecule has 1 heterocycles. The van der Waals surface area contributed by atoms with E-state index in [0.717, 1.165) is 0 Å². The number of fused-ring (bicyclic) bond motifs is 3. The summed E-state index contributed by atoms with van der Waals surface area (Å²) in [5.74, 6) is 0. The molecule has 98 valence electrons. The van der Waals surface area contributed by atoms with Gasteiger partial charge in [-0.2, -0.15) is 0 Å². The number of aromatic nitrogens is 1. The molecule has 19 heavy (non-hydrogen) atoms. The summed E-state index contributed by atoms with van der Waals surface area (Å²) >= 11 is 0. The minimum Gasteiger partial charge on any atom is -0.343 e. The summed E-state index contributed by atoms with van der Waals surface area (Å²) in [4.78, 5) is 0. The van der Waals surface area contributed by atoms with Gasteiger partial charge in [0.1, 0.15) is 0 Å². The molecular formula is C18H21N. The van der Waals surface area contributed by atoms with Gasteiger partial charge in [-0.1, -0.05) is 51.1 Å². The summed E-state index contributed by atoms with van der Waals surface area (Å²) in [6, 6.07) is 13.4. The normalized spacial score (nSPS) is 12.5. The lowest BCUT2D eigenvalue weighted by Crippen LogP contribution is -2.12. The highest BCUT2D eigenvalue weighted by Gasteiger charge is 2.20. The van der Waals surface area contributed by atoms with Crippen molar-refractivity contribution in [2.75, 3.05) is 0 Å². The second-order valence-corrected chi connectivity index (χ2v) is 6.53. The van der Waals surface area contributed by atoms with Gasteiger partial charge in [0.15, 0.2) is 0 Å². The van der Waals surface area contributed by atoms with Gasteiger partial charge in [-0.25, -0.2) is 0 Å². The number of rotatable bonds is 0. The first-order valence-corrected chi connectivity index (χ1v) is 6.88. The SMILES string of the molecule is Cc1ccc2c3cccc(C(C)(C)C)c3n(C)c2c1. The van der Waals surface area contributed by atoms with Gasteiger partial charge in [0, 0.05) is 23.3 Å². The third-order valence-electron chi connectivity index (χ3n) is 3.98. The molecule has 1 heteroatoms. The molecule has 0 spiro atoms. The Bertz CT molecular complexity index is 770. The number of benzene rings is 2. The summed E-state index contributed by atoms with van der Waals surface area (Å²) in [7, 11) is 2.18. The molecule has 0 saturated carbocycles. The Morgan fingerprint density at radius 3 is 2.37 bits per heavy atom. The lowest BCUT2D eigenvalue weighted by atomic mass is 9.85. The first kappa shape index (κ1) is 12.3. The van der Waals surface area contributed by atoms with E-state index in [1.165, 1.54) is 32.9 Å². The molecule has 0 unspecified atom stereocenters. The number of aryl methyl sites for hydroxylation is 2. The van der Waals surface area contributed by atoms with Crippen molar-refractivity contribution in [3.05, 3.63) is 47.5 Å². The van der Waals surface area contributed by atoms with E-state index in [1.807, 2.05) is 0 Å². The molecule has 0 radical (unpaired) electrons. The summed E-state index contributed by atoms with van der Waals surface area (Å²) in [5.41, 5.74) is 5.59. The second-order valence-electron chi connectivity index (χ2n) is 6.53. The minimum atomic E-state index is 0.163. The third-order valence-corrected chi connectivity index (χ3v) is 3.98. The summed E-state index contributed by atoms with van der Waals surface area (Å²) < 4.78 is 2.35. The second kappa shape index (κ2) is 3.86. The van der Waals surface area contributed by atoms with Gasteiger partial charge < -0.3 is 4.57 Å². The van der Waals surface area contributed by atoms with Crippen molar-refractivity contribution >= 4 is 21.8 Å². The van der Waals surface area contributed by atoms with Crippen molar-refractivity contribution in [3.63, 3.8) is 0 Å². The Morgan fingerprint density at radius 1 is 0.947 bits per heavy atom. The fraction of sp³-hybridized carbons (Fsp3) is 0.333. The molecule has 0 aliphatic heterocycles. The van der Waals surface area contributed by atoms with Gasteiger partial charge in [-0.15, -0.1) is 0 Å². The van der Waals surface area contributed by atoms with Crippen LogP contribution >= 0.6 is 0 Å². The Labute approximate surface area is 114 Å². The average molecular weight is 251 g/mol. The highest BCUT2D eigenvalue weighted by molar-refractivity contribution is 6.09. The van der Waals surface area contributed by atoms with E-state index in [4.69, 9.17) is 0 Å². The molecule has 0 saturated heterocycles. The molecule has 1 nitrogen and oxygen atoms in total.